The molecule has 190 valence electrons. The zero-order valence-corrected chi connectivity index (χ0v) is 18.3. The van der Waals surface area contributed by atoms with Crippen molar-refractivity contribution < 1.29 is 40.3 Å². The molecule has 0 radical (unpaired) electrons. The lowest BCUT2D eigenvalue weighted by Gasteiger charge is -2.31. The van der Waals surface area contributed by atoms with Gasteiger partial charge in [0, 0.05) is 24.3 Å². The number of amides is 2. The average Bonchev–Trinajstić information content (AvgIpc) is 3.25. The van der Waals surface area contributed by atoms with Crippen LogP contribution < -0.4 is 5.32 Å². The van der Waals surface area contributed by atoms with Crippen LogP contribution in [0.25, 0.3) is 0 Å². The number of rotatable bonds is 4. The van der Waals surface area contributed by atoms with Crippen molar-refractivity contribution in [3.05, 3.63) is 76.4 Å². The van der Waals surface area contributed by atoms with Crippen LogP contribution in [0.2, 0.25) is 0 Å². The van der Waals surface area contributed by atoms with E-state index in [1.165, 1.54) is 19.1 Å². The molecule has 36 heavy (non-hydrogen) atoms. The Kier molecular flexibility index (Phi) is 6.22. The predicted octanol–water partition coefficient (Wildman–Crippen LogP) is 4.27. The fourth-order valence-electron chi connectivity index (χ4n) is 3.69. The van der Waals surface area contributed by atoms with E-state index in [2.05, 4.69) is 15.5 Å². The second-order valence-electron chi connectivity index (χ2n) is 8.00. The maximum absolute atomic E-state index is 15.1. The Bertz CT molecular complexity index is 1350. The quantitative estimate of drug-likeness (QED) is 0.527. The molecule has 0 aliphatic carbocycles. The second-order valence-corrected chi connectivity index (χ2v) is 8.00. The molecular formula is C22H16F7N5O2. The molecule has 0 spiro atoms. The van der Waals surface area contributed by atoms with Crippen molar-refractivity contribution in [3.8, 4) is 0 Å². The third kappa shape index (κ3) is 4.62. The number of halogens is 7. The normalized spacial score (nSPS) is 13.9. The van der Waals surface area contributed by atoms with E-state index in [4.69, 9.17) is 0 Å². The zero-order chi connectivity index (χ0) is 26.4. The Hall–Kier alpha value is -3.97. The van der Waals surface area contributed by atoms with Gasteiger partial charge in [0.15, 0.2) is 5.82 Å². The van der Waals surface area contributed by atoms with Crippen molar-refractivity contribution in [2.75, 3.05) is 11.9 Å². The van der Waals surface area contributed by atoms with E-state index in [-0.39, 0.29) is 17.1 Å². The minimum absolute atomic E-state index is 0.156. The molecule has 14 heteroatoms. The van der Waals surface area contributed by atoms with Gasteiger partial charge in [-0.25, -0.2) is 8.78 Å². The van der Waals surface area contributed by atoms with Gasteiger partial charge in [-0.3, -0.25) is 9.59 Å². The van der Waals surface area contributed by atoms with Crippen molar-refractivity contribution in [1.82, 2.24) is 19.7 Å². The number of fused-ring (bicyclic) bond motifs is 1. The summed E-state index contributed by atoms with van der Waals surface area (Å²) in [5.41, 5.74) is -1.43. The van der Waals surface area contributed by atoms with Crippen molar-refractivity contribution in [3.63, 3.8) is 0 Å². The summed E-state index contributed by atoms with van der Waals surface area (Å²) in [4.78, 5) is 25.7. The fraction of sp³-hybridized carbons (Fsp3) is 0.273. The zero-order valence-electron chi connectivity index (χ0n) is 18.3. The molecule has 0 fully saturated rings. The SMILES string of the molecule is Cc1cc(NC(=O)c2ccc(F)c(C(F)(F)C(=O)N3CCn4c(nnc4C(F)(F)F)C3)c2)ccc1F. The molecule has 1 aliphatic rings. The third-order valence-corrected chi connectivity index (χ3v) is 5.55. The number of aromatic nitrogens is 3. The Balaban J connectivity index is 1.56. The van der Waals surface area contributed by atoms with E-state index in [0.29, 0.717) is 21.6 Å². The number of aryl methyl sites for hydroxylation is 1. The molecule has 0 unspecified atom stereocenters. The fourth-order valence-corrected chi connectivity index (χ4v) is 3.69. The van der Waals surface area contributed by atoms with E-state index < -0.39 is 72.1 Å². The first-order chi connectivity index (χ1) is 16.8. The summed E-state index contributed by atoms with van der Waals surface area (Å²) < 4.78 is 97.6. The molecular weight excluding hydrogens is 499 g/mol. The van der Waals surface area contributed by atoms with Crippen molar-refractivity contribution in [2.45, 2.75) is 32.1 Å². The van der Waals surface area contributed by atoms with Gasteiger partial charge in [-0.05, 0) is 48.9 Å². The number of nitrogens with one attached hydrogen (secondary N) is 1. The molecule has 7 nitrogen and oxygen atoms in total. The monoisotopic (exact) mass is 515 g/mol. The molecule has 0 saturated carbocycles. The van der Waals surface area contributed by atoms with Gasteiger partial charge >= 0.3 is 12.1 Å². The minimum atomic E-state index is -4.82. The highest BCUT2D eigenvalue weighted by atomic mass is 19.4. The van der Waals surface area contributed by atoms with Crippen LogP contribution in [0.5, 0.6) is 0 Å². The average molecular weight is 515 g/mol. The molecule has 1 N–H and O–H groups in total. The van der Waals surface area contributed by atoms with Crippen molar-refractivity contribution in [2.24, 2.45) is 0 Å². The highest BCUT2D eigenvalue weighted by molar-refractivity contribution is 6.04. The summed E-state index contributed by atoms with van der Waals surface area (Å²) in [6, 6.07) is 5.65. The molecule has 1 aromatic heterocycles. The summed E-state index contributed by atoms with van der Waals surface area (Å²) in [6.07, 6.45) is -4.82. The smallest absolute Gasteiger partial charge is 0.328 e. The summed E-state index contributed by atoms with van der Waals surface area (Å²) in [7, 11) is 0. The van der Waals surface area contributed by atoms with Crippen molar-refractivity contribution >= 4 is 17.5 Å². The summed E-state index contributed by atoms with van der Waals surface area (Å²) in [5, 5.41) is 8.70. The summed E-state index contributed by atoms with van der Waals surface area (Å²) >= 11 is 0. The molecule has 2 aromatic carbocycles. The van der Waals surface area contributed by atoms with Crippen LogP contribution in [0.15, 0.2) is 36.4 Å². The van der Waals surface area contributed by atoms with Crippen LogP contribution in [0.1, 0.15) is 33.1 Å². The standard InChI is InChI=1S/C22H16F7N5O2/c1-11-8-13(3-5-15(11)23)30-18(35)12-2-4-16(24)14(9-12)21(25,26)20(36)33-6-7-34-17(10-33)31-32-19(34)22(27,28)29/h2-5,8-9H,6-7,10H2,1H3,(H,30,35). The Morgan fingerprint density at radius 2 is 1.64 bits per heavy atom. The van der Waals surface area contributed by atoms with Crippen LogP contribution in [0.3, 0.4) is 0 Å². The van der Waals surface area contributed by atoms with E-state index in [0.717, 1.165) is 12.1 Å². The molecule has 0 saturated heterocycles. The number of carbonyl (C=O) groups is 2. The molecule has 0 atom stereocenters. The summed E-state index contributed by atoms with van der Waals surface area (Å²) in [6.45, 7) is -0.293. The largest absolute Gasteiger partial charge is 0.451 e. The van der Waals surface area contributed by atoms with E-state index >= 15 is 8.78 Å². The van der Waals surface area contributed by atoms with Gasteiger partial charge in [0.25, 0.3) is 11.8 Å². The van der Waals surface area contributed by atoms with Gasteiger partial charge in [0.2, 0.25) is 5.82 Å². The minimum Gasteiger partial charge on any atom is -0.328 e. The van der Waals surface area contributed by atoms with Crippen LogP contribution in [0.4, 0.5) is 36.4 Å². The van der Waals surface area contributed by atoms with Gasteiger partial charge in [-0.1, -0.05) is 0 Å². The van der Waals surface area contributed by atoms with E-state index in [1.54, 1.807) is 0 Å². The van der Waals surface area contributed by atoms with Crippen LogP contribution in [-0.4, -0.2) is 38.0 Å². The molecule has 4 rings (SSSR count). The van der Waals surface area contributed by atoms with Gasteiger partial charge in [0.05, 0.1) is 12.1 Å². The number of hydrogen-bond acceptors (Lipinski definition) is 4. The van der Waals surface area contributed by atoms with Crippen LogP contribution in [-0.2, 0) is 30.0 Å². The number of benzene rings is 2. The molecule has 2 heterocycles. The first kappa shape index (κ1) is 25.1. The van der Waals surface area contributed by atoms with E-state index in [1.807, 2.05) is 0 Å². The molecule has 3 aromatic rings. The molecule has 1 aliphatic heterocycles. The first-order valence-corrected chi connectivity index (χ1v) is 10.3. The number of alkyl halides is 5. The second kappa shape index (κ2) is 8.91. The Morgan fingerprint density at radius 3 is 2.31 bits per heavy atom. The first-order valence-electron chi connectivity index (χ1n) is 10.3. The van der Waals surface area contributed by atoms with E-state index in [9.17, 15) is 31.5 Å². The maximum Gasteiger partial charge on any atom is 0.451 e. The lowest BCUT2D eigenvalue weighted by atomic mass is 10.0. The topological polar surface area (TPSA) is 80.1 Å². The molecule has 0 bridgehead atoms. The Labute approximate surface area is 198 Å². The van der Waals surface area contributed by atoms with Crippen LogP contribution >= 0.6 is 0 Å². The lowest BCUT2D eigenvalue weighted by Crippen LogP contribution is -2.46. The van der Waals surface area contributed by atoms with Gasteiger partial charge < -0.3 is 14.8 Å². The third-order valence-electron chi connectivity index (χ3n) is 5.55. The highest BCUT2D eigenvalue weighted by Crippen LogP contribution is 2.35. The van der Waals surface area contributed by atoms with Gasteiger partial charge in [-0.2, -0.15) is 22.0 Å². The highest BCUT2D eigenvalue weighted by Gasteiger charge is 2.48. The lowest BCUT2D eigenvalue weighted by molar-refractivity contribution is -0.161. The Morgan fingerprint density at radius 1 is 0.944 bits per heavy atom. The number of anilines is 1. The maximum atomic E-state index is 15.1. The predicted molar refractivity (Wildman–Crippen MR) is 110 cm³/mol. The summed E-state index contributed by atoms with van der Waals surface area (Å²) in [5.74, 6) is -10.9. The molecule has 2 amide bonds. The van der Waals surface area contributed by atoms with Gasteiger partial charge in [-0.15, -0.1) is 10.2 Å². The number of hydrogen-bond donors (Lipinski definition) is 1. The number of carbonyl (C=O) groups excluding carboxylic acids is 2. The van der Waals surface area contributed by atoms with Crippen molar-refractivity contribution in [1.29, 1.82) is 0 Å². The van der Waals surface area contributed by atoms with Crippen LogP contribution in [0, 0.1) is 18.6 Å². The van der Waals surface area contributed by atoms with Gasteiger partial charge in [0.1, 0.15) is 11.6 Å². The number of nitrogens with zero attached hydrogens (tertiary/aromatic N) is 4.